The van der Waals surface area contributed by atoms with Crippen LogP contribution in [-0.4, -0.2) is 17.1 Å². The van der Waals surface area contributed by atoms with Gasteiger partial charge in [-0.3, -0.25) is 4.79 Å². The summed E-state index contributed by atoms with van der Waals surface area (Å²) in [6.45, 7) is 0. The number of ketones is 1. The average molecular weight is 294 g/mol. The van der Waals surface area contributed by atoms with E-state index in [2.05, 4.69) is 0 Å². The Morgan fingerprint density at radius 3 is 1.86 bits per heavy atom. The summed E-state index contributed by atoms with van der Waals surface area (Å²) in [6.07, 6.45) is -6.00. The van der Waals surface area contributed by atoms with Crippen LogP contribution in [0.1, 0.15) is 22.3 Å². The lowest BCUT2D eigenvalue weighted by Gasteiger charge is -2.30. The fraction of sp³-hybridized carbons (Fsp3) is 0.188. The van der Waals surface area contributed by atoms with Crippen molar-refractivity contribution >= 4 is 5.78 Å². The van der Waals surface area contributed by atoms with Gasteiger partial charge in [0.05, 0.1) is 6.42 Å². The van der Waals surface area contributed by atoms with Crippen LogP contribution < -0.4 is 0 Å². The third kappa shape index (κ3) is 3.13. The van der Waals surface area contributed by atoms with Crippen molar-refractivity contribution in [3.8, 4) is 0 Å². The SMILES string of the molecule is O=C(CC(O)(c1ccccc1)C(F)(F)F)c1ccccc1. The van der Waals surface area contributed by atoms with E-state index in [0.29, 0.717) is 0 Å². The van der Waals surface area contributed by atoms with Crippen molar-refractivity contribution in [1.82, 2.24) is 0 Å². The van der Waals surface area contributed by atoms with Crippen molar-refractivity contribution in [3.05, 3.63) is 71.8 Å². The number of rotatable bonds is 4. The van der Waals surface area contributed by atoms with Crippen molar-refractivity contribution in [1.29, 1.82) is 0 Å². The predicted molar refractivity (Wildman–Crippen MR) is 71.8 cm³/mol. The lowest BCUT2D eigenvalue weighted by molar-refractivity contribution is -0.264. The Labute approximate surface area is 119 Å². The van der Waals surface area contributed by atoms with E-state index >= 15 is 0 Å². The Morgan fingerprint density at radius 2 is 1.38 bits per heavy atom. The summed E-state index contributed by atoms with van der Waals surface area (Å²) >= 11 is 0. The highest BCUT2D eigenvalue weighted by Crippen LogP contribution is 2.42. The largest absolute Gasteiger partial charge is 0.421 e. The molecular formula is C16H13F3O2. The van der Waals surface area contributed by atoms with E-state index in [1.807, 2.05) is 0 Å². The fourth-order valence-electron chi connectivity index (χ4n) is 2.04. The first-order valence-corrected chi connectivity index (χ1v) is 6.27. The standard InChI is InChI=1S/C16H13F3O2/c17-16(18,19)15(21,13-9-5-2-6-10-13)11-14(20)12-7-3-1-4-8-12/h1-10,21H,11H2. The molecule has 21 heavy (non-hydrogen) atoms. The van der Waals surface area contributed by atoms with Crippen molar-refractivity contribution in [2.24, 2.45) is 0 Å². The molecule has 0 amide bonds. The zero-order chi connectivity index (χ0) is 15.5. The molecule has 0 aliphatic rings. The summed E-state index contributed by atoms with van der Waals surface area (Å²) in [7, 11) is 0. The monoisotopic (exact) mass is 294 g/mol. The number of halogens is 3. The number of carbonyl (C=O) groups excluding carboxylic acids is 1. The highest BCUT2D eigenvalue weighted by atomic mass is 19.4. The van der Waals surface area contributed by atoms with Crippen LogP contribution in [0.4, 0.5) is 13.2 Å². The van der Waals surface area contributed by atoms with Gasteiger partial charge in [-0.25, -0.2) is 0 Å². The third-order valence-corrected chi connectivity index (χ3v) is 3.23. The maximum Gasteiger partial charge on any atom is 0.421 e. The average Bonchev–Trinajstić information content (AvgIpc) is 2.47. The minimum absolute atomic E-state index is 0.135. The maximum atomic E-state index is 13.3. The van der Waals surface area contributed by atoms with Gasteiger partial charge in [0, 0.05) is 5.56 Å². The van der Waals surface area contributed by atoms with Gasteiger partial charge in [0.2, 0.25) is 0 Å². The first-order chi connectivity index (χ1) is 9.84. The molecule has 0 aromatic heterocycles. The van der Waals surface area contributed by atoms with Crippen molar-refractivity contribution in [2.45, 2.75) is 18.2 Å². The van der Waals surface area contributed by atoms with Crippen molar-refractivity contribution in [3.63, 3.8) is 0 Å². The molecule has 0 radical (unpaired) electrons. The molecule has 0 saturated carbocycles. The maximum absolute atomic E-state index is 13.3. The van der Waals surface area contributed by atoms with Gasteiger partial charge >= 0.3 is 6.18 Å². The highest BCUT2D eigenvalue weighted by molar-refractivity contribution is 5.96. The van der Waals surface area contributed by atoms with Gasteiger partial charge < -0.3 is 5.11 Å². The molecule has 0 bridgehead atoms. The Morgan fingerprint density at radius 1 is 0.905 bits per heavy atom. The molecule has 2 rings (SSSR count). The van der Waals surface area contributed by atoms with Crippen molar-refractivity contribution < 1.29 is 23.1 Å². The second-order valence-corrected chi connectivity index (χ2v) is 4.69. The number of aliphatic hydroxyl groups is 1. The van der Waals surface area contributed by atoms with Crippen LogP contribution in [0, 0.1) is 0 Å². The first kappa shape index (κ1) is 15.3. The quantitative estimate of drug-likeness (QED) is 0.873. The minimum atomic E-state index is -4.95. The number of alkyl halides is 3. The van der Waals surface area contributed by atoms with Gasteiger partial charge in [-0.05, 0) is 5.56 Å². The summed E-state index contributed by atoms with van der Waals surface area (Å²) < 4.78 is 39.8. The molecule has 1 N–H and O–H groups in total. The smallest absolute Gasteiger partial charge is 0.376 e. The van der Waals surface area contributed by atoms with Gasteiger partial charge in [-0.1, -0.05) is 60.7 Å². The van der Waals surface area contributed by atoms with Gasteiger partial charge in [-0.15, -0.1) is 0 Å². The Balaban J connectivity index is 2.37. The molecule has 0 fully saturated rings. The minimum Gasteiger partial charge on any atom is -0.376 e. The van der Waals surface area contributed by atoms with Crippen LogP contribution in [0.5, 0.6) is 0 Å². The van der Waals surface area contributed by atoms with Gasteiger partial charge in [-0.2, -0.15) is 13.2 Å². The van der Waals surface area contributed by atoms with Crippen LogP contribution in [0.25, 0.3) is 0 Å². The number of hydrogen-bond donors (Lipinski definition) is 1. The van der Waals surface area contributed by atoms with Crippen LogP contribution in [-0.2, 0) is 5.60 Å². The highest BCUT2D eigenvalue weighted by Gasteiger charge is 2.55. The molecule has 5 heteroatoms. The van der Waals surface area contributed by atoms with E-state index in [1.165, 1.54) is 24.3 Å². The van der Waals surface area contributed by atoms with Crippen LogP contribution in [0.15, 0.2) is 60.7 Å². The lowest BCUT2D eigenvalue weighted by Crippen LogP contribution is -2.44. The Kier molecular flexibility index (Phi) is 4.14. The van der Waals surface area contributed by atoms with Crippen molar-refractivity contribution in [2.75, 3.05) is 0 Å². The summed E-state index contributed by atoms with van der Waals surface area (Å²) in [4.78, 5) is 12.0. The van der Waals surface area contributed by atoms with E-state index in [-0.39, 0.29) is 11.1 Å². The van der Waals surface area contributed by atoms with E-state index in [9.17, 15) is 23.1 Å². The number of benzene rings is 2. The number of hydrogen-bond acceptors (Lipinski definition) is 2. The molecule has 0 saturated heterocycles. The first-order valence-electron chi connectivity index (χ1n) is 6.27. The molecule has 110 valence electrons. The predicted octanol–water partition coefficient (Wildman–Crippen LogP) is 3.71. The number of carbonyl (C=O) groups is 1. The second kappa shape index (κ2) is 5.69. The molecule has 2 aromatic carbocycles. The van der Waals surface area contributed by atoms with Crippen LogP contribution in [0.3, 0.4) is 0 Å². The molecule has 1 atom stereocenters. The van der Waals surface area contributed by atoms with E-state index in [1.54, 1.807) is 24.3 Å². The fourth-order valence-corrected chi connectivity index (χ4v) is 2.04. The number of Topliss-reactive ketones (excluding diaryl/α,β-unsaturated/α-hetero) is 1. The molecule has 2 nitrogen and oxygen atoms in total. The van der Waals surface area contributed by atoms with E-state index < -0.39 is 24.0 Å². The van der Waals surface area contributed by atoms with E-state index in [4.69, 9.17) is 0 Å². The molecule has 0 aliphatic heterocycles. The molecular weight excluding hydrogens is 281 g/mol. The van der Waals surface area contributed by atoms with Crippen LogP contribution >= 0.6 is 0 Å². The topological polar surface area (TPSA) is 37.3 Å². The van der Waals surface area contributed by atoms with E-state index in [0.717, 1.165) is 12.1 Å². The van der Waals surface area contributed by atoms with Crippen LogP contribution in [0.2, 0.25) is 0 Å². The van der Waals surface area contributed by atoms with Gasteiger partial charge in [0.25, 0.3) is 0 Å². The Bertz CT molecular complexity index is 608. The molecule has 0 spiro atoms. The molecule has 0 aliphatic carbocycles. The summed E-state index contributed by atoms with van der Waals surface area (Å²) in [5.74, 6) is -0.765. The molecule has 1 unspecified atom stereocenters. The zero-order valence-corrected chi connectivity index (χ0v) is 11.0. The lowest BCUT2D eigenvalue weighted by atomic mass is 9.86. The van der Waals surface area contributed by atoms with Gasteiger partial charge in [0.1, 0.15) is 0 Å². The van der Waals surface area contributed by atoms with Gasteiger partial charge in [0.15, 0.2) is 11.4 Å². The summed E-state index contributed by atoms with van der Waals surface area (Å²) in [5.41, 5.74) is -3.40. The second-order valence-electron chi connectivity index (χ2n) is 4.69. The summed E-state index contributed by atoms with van der Waals surface area (Å²) in [6, 6.07) is 14.2. The normalized spacial score (nSPS) is 14.5. The third-order valence-electron chi connectivity index (χ3n) is 3.23. The zero-order valence-electron chi connectivity index (χ0n) is 11.0. The summed E-state index contributed by atoms with van der Waals surface area (Å²) in [5, 5.41) is 10.1. The Hall–Kier alpha value is -2.14. The molecule has 2 aromatic rings. The molecule has 0 heterocycles.